The van der Waals surface area contributed by atoms with E-state index in [-0.39, 0.29) is 5.60 Å². The highest BCUT2D eigenvalue weighted by molar-refractivity contribution is 5.82. The molecule has 1 aromatic heterocycles. The van der Waals surface area contributed by atoms with E-state index < -0.39 is 0 Å². The number of allylic oxidation sites excluding steroid dienone is 1. The lowest BCUT2D eigenvalue weighted by molar-refractivity contribution is -0.0922. The number of pyridine rings is 1. The van der Waals surface area contributed by atoms with E-state index in [1.165, 1.54) is 55.7 Å². The molecule has 3 saturated carbocycles. The lowest BCUT2D eigenvalue weighted by Gasteiger charge is -2.58. The van der Waals surface area contributed by atoms with Gasteiger partial charge >= 0.3 is 0 Å². The summed E-state index contributed by atoms with van der Waals surface area (Å²) in [5.41, 5.74) is 4.08. The third kappa shape index (κ3) is 3.58. The lowest BCUT2D eigenvalue weighted by Crippen LogP contribution is -2.50. The molecule has 0 spiro atoms. The molecule has 4 aliphatic carbocycles. The zero-order valence-corrected chi connectivity index (χ0v) is 21.9. The minimum absolute atomic E-state index is 0.0412. The van der Waals surface area contributed by atoms with Gasteiger partial charge in [-0.1, -0.05) is 37.6 Å². The van der Waals surface area contributed by atoms with Crippen molar-refractivity contribution in [2.75, 3.05) is 0 Å². The van der Waals surface area contributed by atoms with Gasteiger partial charge in [-0.2, -0.15) is 0 Å². The molecule has 0 saturated heterocycles. The molecule has 2 nitrogen and oxygen atoms in total. The molecule has 0 N–H and O–H groups in total. The summed E-state index contributed by atoms with van der Waals surface area (Å²) in [6, 6.07) is 9.33. The monoisotopic (exact) mass is 457 g/mol. The van der Waals surface area contributed by atoms with E-state index in [1.54, 1.807) is 11.1 Å². The second-order valence-corrected chi connectivity index (χ2v) is 13.5. The molecule has 2 heteroatoms. The van der Waals surface area contributed by atoms with Crippen molar-refractivity contribution in [1.29, 1.82) is 0 Å². The number of ether oxygens (including phenoxy) is 1. The summed E-state index contributed by atoms with van der Waals surface area (Å²) in [5, 5.41) is 2.61. The third-order valence-corrected chi connectivity index (χ3v) is 10.6. The minimum Gasteiger partial charge on any atom is -0.372 e. The van der Waals surface area contributed by atoms with E-state index in [4.69, 9.17) is 4.74 Å². The quantitative estimate of drug-likeness (QED) is 0.422. The van der Waals surface area contributed by atoms with Gasteiger partial charge in [-0.3, -0.25) is 4.98 Å². The Morgan fingerprint density at radius 2 is 1.79 bits per heavy atom. The van der Waals surface area contributed by atoms with Gasteiger partial charge in [-0.05, 0) is 130 Å². The van der Waals surface area contributed by atoms with E-state index in [1.807, 2.05) is 12.4 Å². The van der Waals surface area contributed by atoms with Crippen LogP contribution in [0.3, 0.4) is 0 Å². The maximum absolute atomic E-state index is 6.44. The first-order chi connectivity index (χ1) is 16.2. The summed E-state index contributed by atoms with van der Waals surface area (Å²) >= 11 is 0. The predicted octanol–water partition coefficient (Wildman–Crippen LogP) is 8.46. The van der Waals surface area contributed by atoms with Crippen LogP contribution in [0.4, 0.5) is 0 Å². The summed E-state index contributed by atoms with van der Waals surface area (Å²) in [6.07, 6.45) is 17.6. The SMILES string of the molecule is CC(C)(C)O[C@H]1CC[C@@]2(C)C(=CC[C@H]3[C@@H]4CC[C@H](c5ccc6ccncc6c5)[C@@]4(C)CC[C@@H]32)C1. The van der Waals surface area contributed by atoms with Crippen molar-refractivity contribution in [3.63, 3.8) is 0 Å². The van der Waals surface area contributed by atoms with Gasteiger partial charge in [0.05, 0.1) is 11.7 Å². The summed E-state index contributed by atoms with van der Waals surface area (Å²) in [4.78, 5) is 4.39. The van der Waals surface area contributed by atoms with Crippen molar-refractivity contribution in [3.05, 3.63) is 53.9 Å². The Balaban J connectivity index is 1.26. The van der Waals surface area contributed by atoms with Crippen LogP contribution in [0.2, 0.25) is 0 Å². The normalized spacial score (nSPS) is 39.8. The maximum Gasteiger partial charge on any atom is 0.0619 e. The summed E-state index contributed by atoms with van der Waals surface area (Å²) in [5.74, 6) is 3.27. The lowest BCUT2D eigenvalue weighted by atomic mass is 9.47. The zero-order chi connectivity index (χ0) is 23.7. The van der Waals surface area contributed by atoms with Gasteiger partial charge in [0.2, 0.25) is 0 Å². The topological polar surface area (TPSA) is 22.1 Å². The van der Waals surface area contributed by atoms with Crippen molar-refractivity contribution in [3.8, 4) is 0 Å². The van der Waals surface area contributed by atoms with Crippen LogP contribution in [0.1, 0.15) is 97.5 Å². The molecular formula is C32H43NO. The molecule has 0 bridgehead atoms. The highest BCUT2D eigenvalue weighted by Crippen LogP contribution is 2.68. The third-order valence-electron chi connectivity index (χ3n) is 10.6. The largest absolute Gasteiger partial charge is 0.372 e. The molecule has 7 atom stereocenters. The first-order valence-corrected chi connectivity index (χ1v) is 13.9. The summed E-state index contributed by atoms with van der Waals surface area (Å²) < 4.78 is 6.44. The first kappa shape index (κ1) is 22.8. The van der Waals surface area contributed by atoms with Crippen molar-refractivity contribution < 1.29 is 4.74 Å². The number of aromatic nitrogens is 1. The highest BCUT2D eigenvalue weighted by Gasteiger charge is 2.58. The van der Waals surface area contributed by atoms with Gasteiger partial charge in [0, 0.05) is 17.8 Å². The molecule has 6 rings (SSSR count). The molecule has 0 aliphatic heterocycles. The van der Waals surface area contributed by atoms with Gasteiger partial charge in [0.1, 0.15) is 0 Å². The van der Waals surface area contributed by atoms with Crippen LogP contribution in [0.15, 0.2) is 48.3 Å². The first-order valence-electron chi connectivity index (χ1n) is 13.9. The number of benzene rings is 1. The van der Waals surface area contributed by atoms with Gasteiger partial charge in [0.25, 0.3) is 0 Å². The molecule has 34 heavy (non-hydrogen) atoms. The number of rotatable bonds is 2. The Bertz CT molecular complexity index is 1110. The van der Waals surface area contributed by atoms with Crippen molar-refractivity contribution >= 4 is 10.8 Å². The maximum atomic E-state index is 6.44. The van der Waals surface area contributed by atoms with Crippen LogP contribution in [-0.4, -0.2) is 16.7 Å². The Kier molecular flexibility index (Phi) is 5.30. The molecule has 1 heterocycles. The van der Waals surface area contributed by atoms with Gasteiger partial charge in [0.15, 0.2) is 0 Å². The molecule has 0 amide bonds. The van der Waals surface area contributed by atoms with Gasteiger partial charge in [-0.25, -0.2) is 0 Å². The van der Waals surface area contributed by atoms with E-state index in [9.17, 15) is 0 Å². The smallest absolute Gasteiger partial charge is 0.0619 e. The predicted molar refractivity (Wildman–Crippen MR) is 141 cm³/mol. The molecule has 3 fully saturated rings. The fraction of sp³-hybridized carbons (Fsp3) is 0.656. The standard InChI is InChI=1S/C32H43NO/c1-30(2,3)34-25-12-15-31(4)24(19-25)8-9-26-28-11-10-27(32(28,5)16-13-29(26)31)22-7-6-21-14-17-33-20-23(21)18-22/h6-8,14,17-18,20,25-29H,9-13,15-16,19H2,1-5H3/t25-,26-,27+,28-,29-,31-,32+/m0/s1. The Hall–Kier alpha value is -1.67. The molecule has 0 radical (unpaired) electrons. The van der Waals surface area contributed by atoms with E-state index in [0.717, 1.165) is 24.2 Å². The van der Waals surface area contributed by atoms with Crippen LogP contribution < -0.4 is 0 Å². The molecule has 2 aromatic rings. The van der Waals surface area contributed by atoms with Gasteiger partial charge < -0.3 is 4.74 Å². The number of hydrogen-bond acceptors (Lipinski definition) is 2. The number of fused-ring (bicyclic) bond motifs is 6. The van der Waals surface area contributed by atoms with E-state index in [2.05, 4.69) is 69.9 Å². The summed E-state index contributed by atoms with van der Waals surface area (Å²) in [6.45, 7) is 11.9. The second-order valence-electron chi connectivity index (χ2n) is 13.5. The van der Waals surface area contributed by atoms with Crippen LogP contribution in [-0.2, 0) is 4.74 Å². The summed E-state index contributed by atoms with van der Waals surface area (Å²) in [7, 11) is 0. The van der Waals surface area contributed by atoms with Crippen molar-refractivity contribution in [2.24, 2.45) is 28.6 Å². The molecule has 4 aliphatic rings. The van der Waals surface area contributed by atoms with Crippen LogP contribution in [0.25, 0.3) is 10.8 Å². The Labute approximate surface area is 206 Å². The molecule has 182 valence electrons. The minimum atomic E-state index is -0.0412. The molecule has 0 unspecified atom stereocenters. The van der Waals surface area contributed by atoms with Crippen molar-refractivity contribution in [1.82, 2.24) is 4.98 Å². The fourth-order valence-corrected chi connectivity index (χ4v) is 9.10. The average Bonchev–Trinajstić information content (AvgIpc) is 3.15. The zero-order valence-electron chi connectivity index (χ0n) is 21.9. The number of hydrogen-bond donors (Lipinski definition) is 0. The molecular weight excluding hydrogens is 414 g/mol. The Morgan fingerprint density at radius 3 is 2.62 bits per heavy atom. The van der Waals surface area contributed by atoms with Crippen LogP contribution in [0, 0.1) is 28.6 Å². The highest BCUT2D eigenvalue weighted by atomic mass is 16.5. The van der Waals surface area contributed by atoms with E-state index >= 15 is 0 Å². The van der Waals surface area contributed by atoms with Crippen LogP contribution in [0.5, 0.6) is 0 Å². The van der Waals surface area contributed by atoms with E-state index in [0.29, 0.717) is 22.9 Å². The second kappa shape index (κ2) is 7.92. The molecule has 1 aromatic carbocycles. The van der Waals surface area contributed by atoms with Crippen LogP contribution >= 0.6 is 0 Å². The average molecular weight is 458 g/mol. The number of nitrogens with zero attached hydrogens (tertiary/aromatic N) is 1. The van der Waals surface area contributed by atoms with Crippen molar-refractivity contribution in [2.45, 2.75) is 104 Å². The Morgan fingerprint density at radius 1 is 0.941 bits per heavy atom. The van der Waals surface area contributed by atoms with Gasteiger partial charge in [-0.15, -0.1) is 0 Å². The fourth-order valence-electron chi connectivity index (χ4n) is 9.10.